The molecular weight excluding hydrogens is 464 g/mol. The summed E-state index contributed by atoms with van der Waals surface area (Å²) in [5.41, 5.74) is 6.71. The van der Waals surface area contributed by atoms with Crippen molar-refractivity contribution in [1.29, 1.82) is 0 Å². The number of aryl methyl sites for hydroxylation is 2. The first-order valence-electron chi connectivity index (χ1n) is 12.4. The number of benzene rings is 3. The number of nitrogens with zero attached hydrogens (tertiary/aromatic N) is 3. The number of rotatable bonds is 7. The van der Waals surface area contributed by atoms with Gasteiger partial charge in [-0.3, -0.25) is 4.90 Å². The smallest absolute Gasteiger partial charge is 0.322 e. The highest BCUT2D eigenvalue weighted by molar-refractivity contribution is 5.87. The van der Waals surface area contributed by atoms with Crippen LogP contribution in [0.1, 0.15) is 48.0 Å². The van der Waals surface area contributed by atoms with E-state index in [4.69, 9.17) is 14.2 Å². The van der Waals surface area contributed by atoms with Gasteiger partial charge in [-0.15, -0.1) is 0 Å². The molecule has 1 N–H and O–H groups in total. The van der Waals surface area contributed by atoms with E-state index in [1.54, 1.807) is 12.0 Å². The maximum atomic E-state index is 13.4. The van der Waals surface area contributed by atoms with Crippen molar-refractivity contribution >= 4 is 11.6 Å². The van der Waals surface area contributed by atoms with E-state index in [1.807, 2.05) is 68.4 Å². The standard InChI is InChI=1S/C30H30N4O3/c1-5-21-12-14-23(15-13-21)27-26(29-32-28(33-37-29)24-10-7-11-25(17-24)36-4)20(3)34(30(35)31-27)18-22-9-6-8-19(2)16-22/h6-17,27H,5,18H2,1-4H3,(H,31,35). The maximum Gasteiger partial charge on any atom is 0.322 e. The van der Waals surface area contributed by atoms with Crippen LogP contribution in [0.3, 0.4) is 0 Å². The number of ether oxygens (including phenoxy) is 1. The number of allylic oxidation sites excluding steroid dienone is 1. The molecule has 1 aliphatic heterocycles. The molecule has 7 nitrogen and oxygen atoms in total. The van der Waals surface area contributed by atoms with Crippen LogP contribution in [0.25, 0.3) is 17.0 Å². The highest BCUT2D eigenvalue weighted by Crippen LogP contribution is 2.38. The molecule has 0 saturated heterocycles. The van der Waals surface area contributed by atoms with Gasteiger partial charge in [0.1, 0.15) is 5.75 Å². The van der Waals surface area contributed by atoms with Gasteiger partial charge in [-0.1, -0.05) is 78.3 Å². The van der Waals surface area contributed by atoms with Gasteiger partial charge in [-0.25, -0.2) is 4.79 Å². The number of nitrogens with one attached hydrogen (secondary N) is 1. The summed E-state index contributed by atoms with van der Waals surface area (Å²) in [5.74, 6) is 1.54. The van der Waals surface area contributed by atoms with E-state index in [1.165, 1.54) is 5.56 Å². The normalized spacial score (nSPS) is 15.6. The zero-order chi connectivity index (χ0) is 25.9. The van der Waals surface area contributed by atoms with E-state index in [0.29, 0.717) is 24.0 Å². The monoisotopic (exact) mass is 494 g/mol. The van der Waals surface area contributed by atoms with Crippen LogP contribution in [0, 0.1) is 6.92 Å². The highest BCUT2D eigenvalue weighted by Gasteiger charge is 2.35. The summed E-state index contributed by atoms with van der Waals surface area (Å²) in [7, 11) is 1.62. The second-order valence-electron chi connectivity index (χ2n) is 9.21. The number of urea groups is 1. The van der Waals surface area contributed by atoms with Crippen molar-refractivity contribution in [3.8, 4) is 17.1 Å². The van der Waals surface area contributed by atoms with Crippen molar-refractivity contribution < 1.29 is 14.1 Å². The Morgan fingerprint density at radius 1 is 1.00 bits per heavy atom. The minimum atomic E-state index is -0.425. The van der Waals surface area contributed by atoms with Crippen LogP contribution in [0.2, 0.25) is 0 Å². The molecule has 0 fully saturated rings. The van der Waals surface area contributed by atoms with E-state index < -0.39 is 6.04 Å². The van der Waals surface area contributed by atoms with Gasteiger partial charge in [0.05, 0.1) is 25.3 Å². The van der Waals surface area contributed by atoms with Gasteiger partial charge in [0.15, 0.2) is 0 Å². The Hall–Kier alpha value is -4.39. The number of methoxy groups -OCH3 is 1. The SMILES string of the molecule is CCc1ccc(C2NC(=O)N(Cc3cccc(C)c3)C(C)=C2c2nc(-c3cccc(OC)c3)no2)cc1. The molecule has 2 amide bonds. The van der Waals surface area contributed by atoms with Gasteiger partial charge >= 0.3 is 6.03 Å². The van der Waals surface area contributed by atoms with Crippen molar-refractivity contribution in [2.75, 3.05) is 7.11 Å². The summed E-state index contributed by atoms with van der Waals surface area (Å²) in [4.78, 5) is 19.9. The van der Waals surface area contributed by atoms with Crippen molar-refractivity contribution in [1.82, 2.24) is 20.4 Å². The second kappa shape index (κ2) is 10.3. The molecule has 1 atom stereocenters. The number of carbonyl (C=O) groups is 1. The third-order valence-corrected chi connectivity index (χ3v) is 6.73. The molecule has 2 heterocycles. The van der Waals surface area contributed by atoms with Crippen molar-refractivity contribution in [3.05, 3.63) is 107 Å². The van der Waals surface area contributed by atoms with Crippen LogP contribution in [-0.2, 0) is 13.0 Å². The molecule has 3 aromatic carbocycles. The molecule has 1 aromatic heterocycles. The fourth-order valence-corrected chi connectivity index (χ4v) is 4.65. The number of amides is 2. The van der Waals surface area contributed by atoms with E-state index in [-0.39, 0.29) is 6.03 Å². The quantitative estimate of drug-likeness (QED) is 0.325. The van der Waals surface area contributed by atoms with Gasteiger partial charge in [-0.2, -0.15) is 4.98 Å². The zero-order valence-electron chi connectivity index (χ0n) is 21.5. The number of carbonyl (C=O) groups excluding carboxylic acids is 1. The fourth-order valence-electron chi connectivity index (χ4n) is 4.65. The topological polar surface area (TPSA) is 80.5 Å². The average Bonchev–Trinajstić information content (AvgIpc) is 3.41. The molecule has 7 heteroatoms. The Labute approximate surface area is 216 Å². The predicted molar refractivity (Wildman–Crippen MR) is 143 cm³/mol. The lowest BCUT2D eigenvalue weighted by atomic mass is 9.93. The first-order valence-corrected chi connectivity index (χ1v) is 12.4. The summed E-state index contributed by atoms with van der Waals surface area (Å²) in [5, 5.41) is 7.44. The molecule has 0 radical (unpaired) electrons. The van der Waals surface area contributed by atoms with Crippen molar-refractivity contribution in [2.24, 2.45) is 0 Å². The molecule has 4 aromatic rings. The zero-order valence-corrected chi connectivity index (χ0v) is 21.5. The summed E-state index contributed by atoms with van der Waals surface area (Å²) in [6, 6.07) is 23.4. The van der Waals surface area contributed by atoms with Crippen LogP contribution in [0.5, 0.6) is 5.75 Å². The Morgan fingerprint density at radius 3 is 2.51 bits per heavy atom. The average molecular weight is 495 g/mol. The van der Waals surface area contributed by atoms with E-state index in [9.17, 15) is 4.79 Å². The lowest BCUT2D eigenvalue weighted by molar-refractivity contribution is 0.203. The Balaban J connectivity index is 1.59. The summed E-state index contributed by atoms with van der Waals surface area (Å²) in [6.07, 6.45) is 0.941. The first kappa shape index (κ1) is 24.3. The highest BCUT2D eigenvalue weighted by atomic mass is 16.5. The van der Waals surface area contributed by atoms with Gasteiger partial charge in [0.25, 0.3) is 5.89 Å². The molecule has 1 aliphatic rings. The summed E-state index contributed by atoms with van der Waals surface area (Å²) in [6.45, 7) is 6.53. The fraction of sp³-hybridized carbons (Fsp3) is 0.233. The number of aromatic nitrogens is 2. The van der Waals surface area contributed by atoms with Crippen LogP contribution < -0.4 is 10.1 Å². The van der Waals surface area contributed by atoms with Gasteiger partial charge in [0.2, 0.25) is 5.82 Å². The van der Waals surface area contributed by atoms with Gasteiger partial charge in [-0.05, 0) is 49.1 Å². The third kappa shape index (κ3) is 4.98. The predicted octanol–water partition coefficient (Wildman–Crippen LogP) is 6.31. The molecule has 1 unspecified atom stereocenters. The third-order valence-electron chi connectivity index (χ3n) is 6.73. The Morgan fingerprint density at radius 2 is 1.78 bits per heavy atom. The van der Waals surface area contributed by atoms with Gasteiger partial charge < -0.3 is 14.6 Å². The van der Waals surface area contributed by atoms with Crippen molar-refractivity contribution in [2.45, 2.75) is 39.8 Å². The maximum absolute atomic E-state index is 13.4. The Kier molecular flexibility index (Phi) is 6.77. The van der Waals surface area contributed by atoms with E-state index >= 15 is 0 Å². The molecule has 0 aliphatic carbocycles. The van der Waals surface area contributed by atoms with Crippen molar-refractivity contribution in [3.63, 3.8) is 0 Å². The second-order valence-corrected chi connectivity index (χ2v) is 9.21. The first-order chi connectivity index (χ1) is 18.0. The van der Waals surface area contributed by atoms with Crippen LogP contribution in [0.15, 0.2) is 83.0 Å². The molecule has 0 spiro atoms. The van der Waals surface area contributed by atoms with Crippen LogP contribution >= 0.6 is 0 Å². The van der Waals surface area contributed by atoms with Gasteiger partial charge in [0, 0.05) is 11.3 Å². The van der Waals surface area contributed by atoms with E-state index in [2.05, 4.69) is 35.6 Å². The minimum absolute atomic E-state index is 0.167. The van der Waals surface area contributed by atoms with Crippen LogP contribution in [0.4, 0.5) is 4.79 Å². The molecule has 0 saturated carbocycles. The van der Waals surface area contributed by atoms with E-state index in [0.717, 1.165) is 39.9 Å². The summed E-state index contributed by atoms with van der Waals surface area (Å²) < 4.78 is 11.2. The lowest BCUT2D eigenvalue weighted by Crippen LogP contribution is -2.45. The lowest BCUT2D eigenvalue weighted by Gasteiger charge is -2.35. The number of hydrogen-bond acceptors (Lipinski definition) is 5. The Bertz CT molecular complexity index is 1460. The molecule has 5 rings (SSSR count). The largest absolute Gasteiger partial charge is 0.497 e. The molecular formula is C30H30N4O3. The molecule has 37 heavy (non-hydrogen) atoms. The molecule has 188 valence electrons. The number of hydrogen-bond donors (Lipinski definition) is 1. The summed E-state index contributed by atoms with van der Waals surface area (Å²) >= 11 is 0. The minimum Gasteiger partial charge on any atom is -0.497 e. The molecule has 0 bridgehead atoms. The van der Waals surface area contributed by atoms with Crippen LogP contribution in [-0.4, -0.2) is 28.2 Å².